The zero-order chi connectivity index (χ0) is 20.7. The molecular formula is C22H13O7. The third-order valence-electron chi connectivity index (χ3n) is 4.38. The number of aliphatic hydroxyl groups excluding tert-OH is 1. The average molecular weight is 389 g/mol. The maximum Gasteiger partial charge on any atom is 0.336 e. The molecule has 1 aliphatic heterocycles. The maximum atomic E-state index is 12.3. The van der Waals surface area contributed by atoms with Crippen molar-refractivity contribution in [3.8, 4) is 17.2 Å². The summed E-state index contributed by atoms with van der Waals surface area (Å²) >= 11 is 0. The number of carboxylic acid groups (broad SMARTS) is 1. The van der Waals surface area contributed by atoms with E-state index in [1.165, 1.54) is 31.2 Å². The van der Waals surface area contributed by atoms with Crippen LogP contribution < -0.4 is 9.47 Å². The molecule has 0 spiro atoms. The van der Waals surface area contributed by atoms with Crippen LogP contribution in [0.3, 0.4) is 0 Å². The van der Waals surface area contributed by atoms with E-state index in [4.69, 9.17) is 9.47 Å². The first kappa shape index (κ1) is 18.2. The fraction of sp³-hybridized carbons (Fsp3) is 0.0455. The predicted molar refractivity (Wildman–Crippen MR) is 100 cm³/mol. The fourth-order valence-electron chi connectivity index (χ4n) is 3.24. The number of carboxylic acids is 1. The van der Waals surface area contributed by atoms with Gasteiger partial charge in [0.1, 0.15) is 11.5 Å². The molecule has 1 heterocycles. The minimum Gasteiger partial charge on any atom is -0.501 e. The number of aliphatic hydroxyl groups is 1. The number of rotatable bonds is 3. The van der Waals surface area contributed by atoms with Crippen LogP contribution in [0.25, 0.3) is 5.57 Å². The number of carbonyl (C=O) groups is 2. The van der Waals surface area contributed by atoms with Gasteiger partial charge in [0, 0.05) is 35.8 Å². The molecule has 2 aromatic rings. The highest BCUT2D eigenvalue weighted by Gasteiger charge is 2.30. The van der Waals surface area contributed by atoms with E-state index in [0.29, 0.717) is 22.3 Å². The Morgan fingerprint density at radius 3 is 2.62 bits per heavy atom. The van der Waals surface area contributed by atoms with E-state index in [-0.39, 0.29) is 28.6 Å². The van der Waals surface area contributed by atoms with E-state index >= 15 is 0 Å². The Kier molecular flexibility index (Phi) is 4.22. The van der Waals surface area contributed by atoms with E-state index in [0.717, 1.165) is 6.07 Å². The minimum absolute atomic E-state index is 0.0367. The molecule has 29 heavy (non-hydrogen) atoms. The Morgan fingerprint density at radius 1 is 1.14 bits per heavy atom. The molecule has 0 aromatic heterocycles. The van der Waals surface area contributed by atoms with Crippen molar-refractivity contribution in [2.24, 2.45) is 0 Å². The molecule has 0 amide bonds. The molecule has 1 radical (unpaired) electrons. The SMILES string of the molecule is CC(=O)Oc1cc2c(cc1[O])OC1=CC(O)=C=CC1=C2c1ccccc1C(=O)O. The van der Waals surface area contributed by atoms with Crippen molar-refractivity contribution in [3.05, 3.63) is 88.1 Å². The van der Waals surface area contributed by atoms with Crippen molar-refractivity contribution in [1.29, 1.82) is 0 Å². The first-order valence-corrected chi connectivity index (χ1v) is 8.51. The Balaban J connectivity index is 2.06. The topological polar surface area (TPSA) is 113 Å². The second-order valence-corrected chi connectivity index (χ2v) is 6.31. The van der Waals surface area contributed by atoms with Crippen molar-refractivity contribution in [2.75, 3.05) is 0 Å². The highest BCUT2D eigenvalue weighted by atomic mass is 16.5. The summed E-state index contributed by atoms with van der Waals surface area (Å²) in [6.45, 7) is 1.17. The molecule has 7 nitrogen and oxygen atoms in total. The van der Waals surface area contributed by atoms with Gasteiger partial charge in [0.05, 0.1) is 5.56 Å². The number of hydrogen-bond acceptors (Lipinski definition) is 5. The molecule has 0 unspecified atom stereocenters. The van der Waals surface area contributed by atoms with Gasteiger partial charge in [0.15, 0.2) is 11.5 Å². The van der Waals surface area contributed by atoms with Crippen molar-refractivity contribution >= 4 is 17.5 Å². The molecule has 7 heteroatoms. The largest absolute Gasteiger partial charge is 0.501 e. The average Bonchev–Trinajstić information content (AvgIpc) is 2.66. The summed E-state index contributed by atoms with van der Waals surface area (Å²) in [5.41, 5.74) is 4.36. The van der Waals surface area contributed by atoms with Crippen LogP contribution in [0.5, 0.6) is 17.2 Å². The first-order valence-electron chi connectivity index (χ1n) is 8.51. The number of hydrogen-bond donors (Lipinski definition) is 2. The van der Waals surface area contributed by atoms with Gasteiger partial charge in [0.25, 0.3) is 0 Å². The third kappa shape index (κ3) is 3.16. The number of esters is 1. The monoisotopic (exact) mass is 389 g/mol. The standard InChI is InChI=1S/C22H13O7/c1-11(23)28-20-9-16-19(10-17(20)25)29-18-8-12(24)6-7-15(18)21(16)13-4-2-3-5-14(13)22(26)27/h2-5,7-10,24H,1H3,(H,26,27). The number of benzene rings is 2. The predicted octanol–water partition coefficient (Wildman–Crippen LogP) is 4.14. The summed E-state index contributed by atoms with van der Waals surface area (Å²) in [4.78, 5) is 23.2. The Hall–Kier alpha value is -4.22. The molecule has 0 fully saturated rings. The van der Waals surface area contributed by atoms with Gasteiger partial charge in [-0.3, -0.25) is 9.90 Å². The summed E-state index contributed by atoms with van der Waals surface area (Å²) in [6.07, 6.45) is 2.80. The first-order chi connectivity index (χ1) is 13.8. The van der Waals surface area contributed by atoms with Crippen molar-refractivity contribution in [1.82, 2.24) is 0 Å². The minimum atomic E-state index is -1.13. The van der Waals surface area contributed by atoms with E-state index < -0.39 is 17.7 Å². The van der Waals surface area contributed by atoms with Gasteiger partial charge < -0.3 is 19.7 Å². The molecule has 2 aliphatic rings. The zero-order valence-electron chi connectivity index (χ0n) is 15.1. The molecule has 1 aliphatic carbocycles. The highest BCUT2D eigenvalue weighted by molar-refractivity contribution is 6.00. The van der Waals surface area contributed by atoms with Gasteiger partial charge in [-0.2, -0.15) is 0 Å². The number of ether oxygens (including phenoxy) is 2. The molecule has 143 valence electrons. The van der Waals surface area contributed by atoms with E-state index in [2.05, 4.69) is 5.73 Å². The van der Waals surface area contributed by atoms with Gasteiger partial charge in [-0.15, -0.1) is 0 Å². The van der Waals surface area contributed by atoms with Crippen molar-refractivity contribution in [3.63, 3.8) is 0 Å². The summed E-state index contributed by atoms with van der Waals surface area (Å²) in [7, 11) is 0. The number of carbonyl (C=O) groups excluding carboxylic acids is 1. The Bertz CT molecular complexity index is 1210. The molecule has 0 bridgehead atoms. The second-order valence-electron chi connectivity index (χ2n) is 6.31. The Labute approximate surface area is 164 Å². The Morgan fingerprint density at radius 2 is 1.90 bits per heavy atom. The van der Waals surface area contributed by atoms with Gasteiger partial charge >= 0.3 is 11.9 Å². The lowest BCUT2D eigenvalue weighted by Gasteiger charge is -2.26. The molecule has 2 aromatic carbocycles. The van der Waals surface area contributed by atoms with Crippen LogP contribution in [0.1, 0.15) is 28.4 Å². The molecule has 0 saturated carbocycles. The molecule has 0 atom stereocenters. The van der Waals surface area contributed by atoms with Crippen molar-refractivity contribution < 1.29 is 34.4 Å². The zero-order valence-corrected chi connectivity index (χ0v) is 15.1. The normalized spacial score (nSPS) is 14.2. The highest BCUT2D eigenvalue weighted by Crippen LogP contribution is 2.47. The van der Waals surface area contributed by atoms with Crippen LogP contribution in [-0.4, -0.2) is 22.2 Å². The lowest BCUT2D eigenvalue weighted by atomic mass is 9.86. The van der Waals surface area contributed by atoms with E-state index in [1.54, 1.807) is 18.2 Å². The van der Waals surface area contributed by atoms with E-state index in [9.17, 15) is 24.9 Å². The molecular weight excluding hydrogens is 376 g/mol. The summed E-state index contributed by atoms with van der Waals surface area (Å²) in [5.74, 6) is -2.34. The lowest BCUT2D eigenvalue weighted by molar-refractivity contribution is -0.132. The van der Waals surface area contributed by atoms with Gasteiger partial charge in [0.2, 0.25) is 5.75 Å². The van der Waals surface area contributed by atoms with Crippen LogP contribution in [0.15, 0.2) is 71.4 Å². The molecule has 2 N–H and O–H groups in total. The second kappa shape index (κ2) is 6.74. The maximum absolute atomic E-state index is 12.3. The van der Waals surface area contributed by atoms with E-state index in [1.807, 2.05) is 0 Å². The third-order valence-corrected chi connectivity index (χ3v) is 4.38. The lowest BCUT2D eigenvalue weighted by Crippen LogP contribution is -2.14. The van der Waals surface area contributed by atoms with Crippen LogP contribution in [0, 0.1) is 0 Å². The smallest absolute Gasteiger partial charge is 0.336 e. The van der Waals surface area contributed by atoms with Crippen LogP contribution in [-0.2, 0) is 9.90 Å². The molecule has 4 rings (SSSR count). The van der Waals surface area contributed by atoms with Gasteiger partial charge in [-0.1, -0.05) is 23.9 Å². The van der Waals surface area contributed by atoms with Crippen molar-refractivity contribution in [2.45, 2.75) is 6.92 Å². The van der Waals surface area contributed by atoms with Crippen LogP contribution >= 0.6 is 0 Å². The van der Waals surface area contributed by atoms with Crippen LogP contribution in [0.4, 0.5) is 0 Å². The number of aromatic carboxylic acids is 1. The van der Waals surface area contributed by atoms with Gasteiger partial charge in [-0.05, 0) is 23.8 Å². The van der Waals surface area contributed by atoms with Gasteiger partial charge in [-0.25, -0.2) is 4.79 Å². The fourth-order valence-corrected chi connectivity index (χ4v) is 3.24. The number of allylic oxidation sites excluding steroid dienone is 1. The quantitative estimate of drug-likeness (QED) is 0.463. The molecule has 0 saturated heterocycles. The summed E-state index contributed by atoms with van der Waals surface area (Å²) in [5, 5.41) is 31.7. The number of fused-ring (bicyclic) bond motifs is 2. The summed E-state index contributed by atoms with van der Waals surface area (Å²) in [6, 6.07) is 8.88. The summed E-state index contributed by atoms with van der Waals surface area (Å²) < 4.78 is 10.8. The van der Waals surface area contributed by atoms with Crippen LogP contribution in [0.2, 0.25) is 0 Å².